The minimum Gasteiger partial charge on any atom is -0.313 e. The third kappa shape index (κ3) is 3.07. The van der Waals surface area contributed by atoms with Crippen LogP contribution in [0.4, 0.5) is 0 Å². The third-order valence-electron chi connectivity index (χ3n) is 3.82. The summed E-state index contributed by atoms with van der Waals surface area (Å²) in [5.41, 5.74) is 2.10. The van der Waals surface area contributed by atoms with Crippen molar-refractivity contribution >= 4 is 39.3 Å². The second-order valence-corrected chi connectivity index (χ2v) is 6.64. The molecule has 6 nitrogen and oxygen atoms in total. The van der Waals surface area contributed by atoms with Crippen LogP contribution in [0.25, 0.3) is 10.2 Å². The fourth-order valence-corrected chi connectivity index (χ4v) is 3.80. The van der Waals surface area contributed by atoms with Crippen molar-refractivity contribution in [2.24, 2.45) is 4.99 Å². The summed E-state index contributed by atoms with van der Waals surface area (Å²) in [6.07, 6.45) is 2.08. The molecule has 0 spiro atoms. The third-order valence-corrected chi connectivity index (χ3v) is 4.86. The number of hydrogen-bond donors (Lipinski definition) is 0. The quantitative estimate of drug-likeness (QED) is 0.627. The zero-order valence-corrected chi connectivity index (χ0v) is 14.1. The van der Waals surface area contributed by atoms with Crippen LogP contribution in [0.3, 0.4) is 0 Å². The lowest BCUT2D eigenvalue weighted by atomic mass is 10.2. The van der Waals surface area contributed by atoms with Gasteiger partial charge in [-0.3, -0.25) is 19.3 Å². The van der Waals surface area contributed by atoms with Gasteiger partial charge in [0, 0.05) is 19.4 Å². The molecular formula is C17H17N3O3S. The molecule has 0 aliphatic carbocycles. The van der Waals surface area contributed by atoms with Crippen molar-refractivity contribution in [1.82, 2.24) is 9.47 Å². The van der Waals surface area contributed by atoms with Crippen molar-refractivity contribution in [3.8, 4) is 0 Å². The first-order chi connectivity index (χ1) is 11.5. The van der Waals surface area contributed by atoms with E-state index >= 15 is 0 Å². The fourth-order valence-electron chi connectivity index (χ4n) is 2.65. The molecule has 1 saturated heterocycles. The van der Waals surface area contributed by atoms with Crippen molar-refractivity contribution in [3.63, 3.8) is 0 Å². The van der Waals surface area contributed by atoms with Crippen molar-refractivity contribution in [3.05, 3.63) is 41.2 Å². The summed E-state index contributed by atoms with van der Waals surface area (Å²) in [6.45, 7) is 5.98. The highest BCUT2D eigenvalue weighted by Gasteiger charge is 2.30. The highest BCUT2D eigenvalue weighted by Crippen LogP contribution is 2.19. The molecule has 1 aromatic carbocycles. The average molecular weight is 343 g/mol. The molecule has 24 heavy (non-hydrogen) atoms. The van der Waals surface area contributed by atoms with E-state index in [-0.39, 0.29) is 31.2 Å². The molecule has 0 N–H and O–H groups in total. The van der Waals surface area contributed by atoms with Gasteiger partial charge >= 0.3 is 0 Å². The van der Waals surface area contributed by atoms with E-state index in [1.165, 1.54) is 11.3 Å². The van der Waals surface area contributed by atoms with Crippen LogP contribution in [0.15, 0.2) is 35.8 Å². The van der Waals surface area contributed by atoms with E-state index in [0.717, 1.165) is 20.7 Å². The predicted molar refractivity (Wildman–Crippen MR) is 91.3 cm³/mol. The molecule has 0 atom stereocenters. The van der Waals surface area contributed by atoms with Crippen LogP contribution in [0.5, 0.6) is 0 Å². The Kier molecular flexibility index (Phi) is 4.44. The number of benzene rings is 1. The number of allylic oxidation sites excluding steroid dienone is 1. The molecule has 124 valence electrons. The number of rotatable bonds is 4. The maximum absolute atomic E-state index is 12.2. The number of nitrogens with zero attached hydrogens (tertiary/aromatic N) is 3. The number of aromatic nitrogens is 1. The number of aryl methyl sites for hydroxylation is 1. The van der Waals surface area contributed by atoms with Gasteiger partial charge in [-0.05, 0) is 24.6 Å². The lowest BCUT2D eigenvalue weighted by Gasteiger charge is -2.10. The van der Waals surface area contributed by atoms with Crippen LogP contribution >= 0.6 is 11.3 Å². The summed E-state index contributed by atoms with van der Waals surface area (Å²) in [7, 11) is 0. The van der Waals surface area contributed by atoms with Crippen LogP contribution in [0, 0.1) is 6.92 Å². The van der Waals surface area contributed by atoms with E-state index < -0.39 is 5.91 Å². The number of carbonyl (C=O) groups excluding carboxylic acids is 3. The molecule has 0 radical (unpaired) electrons. The maximum atomic E-state index is 12.2. The normalized spacial score (nSPS) is 15.5. The van der Waals surface area contributed by atoms with Crippen LogP contribution < -0.4 is 4.80 Å². The van der Waals surface area contributed by atoms with Crippen LogP contribution in [0.1, 0.15) is 18.4 Å². The van der Waals surface area contributed by atoms with Gasteiger partial charge in [0.2, 0.25) is 11.8 Å². The first-order valence-electron chi connectivity index (χ1n) is 7.61. The number of likely N-dealkylation sites (tertiary alicyclic amines) is 1. The van der Waals surface area contributed by atoms with E-state index in [4.69, 9.17) is 0 Å². The van der Waals surface area contributed by atoms with Gasteiger partial charge in [-0.1, -0.05) is 23.5 Å². The maximum Gasteiger partial charge on any atom is 0.268 e. The minimum atomic E-state index is -0.500. The minimum absolute atomic E-state index is 0.171. The number of imide groups is 1. The molecule has 1 aromatic heterocycles. The van der Waals surface area contributed by atoms with Crippen molar-refractivity contribution in [1.29, 1.82) is 0 Å². The second-order valence-electron chi connectivity index (χ2n) is 5.63. The molecular weight excluding hydrogens is 326 g/mol. The second kappa shape index (κ2) is 6.52. The lowest BCUT2D eigenvalue weighted by Crippen LogP contribution is -2.34. The van der Waals surface area contributed by atoms with E-state index in [1.54, 1.807) is 6.08 Å². The van der Waals surface area contributed by atoms with Crippen molar-refractivity contribution < 1.29 is 14.4 Å². The molecule has 7 heteroatoms. The Labute approximate surface area is 142 Å². The van der Waals surface area contributed by atoms with Gasteiger partial charge in [-0.15, -0.1) is 6.58 Å². The van der Waals surface area contributed by atoms with Gasteiger partial charge in [0.15, 0.2) is 4.80 Å². The zero-order valence-electron chi connectivity index (χ0n) is 13.3. The van der Waals surface area contributed by atoms with Gasteiger partial charge in [0.05, 0.1) is 10.2 Å². The largest absolute Gasteiger partial charge is 0.313 e. The van der Waals surface area contributed by atoms with Crippen molar-refractivity contribution in [2.45, 2.75) is 26.3 Å². The average Bonchev–Trinajstić information content (AvgIpc) is 3.02. The zero-order chi connectivity index (χ0) is 17.3. The Balaban J connectivity index is 1.97. The summed E-state index contributed by atoms with van der Waals surface area (Å²) in [5.74, 6) is -1.12. The Morgan fingerprint density at radius 3 is 2.71 bits per heavy atom. The Morgan fingerprint density at radius 2 is 2.04 bits per heavy atom. The van der Waals surface area contributed by atoms with E-state index in [2.05, 4.69) is 11.6 Å². The summed E-state index contributed by atoms with van der Waals surface area (Å²) in [5, 5.41) is 0. The van der Waals surface area contributed by atoms with Gasteiger partial charge in [0.25, 0.3) is 5.91 Å². The molecule has 2 heterocycles. The van der Waals surface area contributed by atoms with Crippen LogP contribution in [0.2, 0.25) is 0 Å². The molecule has 1 aliphatic rings. The van der Waals surface area contributed by atoms with Crippen molar-refractivity contribution in [2.75, 3.05) is 6.54 Å². The standard InChI is InChI=1S/C17H17N3O3S/c1-3-8-19-12-5-4-11(2)9-13(12)24-17(19)18-14(21)10-20-15(22)6-7-16(20)23/h3-5,9H,1,6-8,10H2,2H3. The Bertz CT molecular complexity index is 907. The number of amides is 3. The molecule has 0 bridgehead atoms. The highest BCUT2D eigenvalue weighted by molar-refractivity contribution is 7.16. The van der Waals surface area contributed by atoms with E-state index in [9.17, 15) is 14.4 Å². The van der Waals surface area contributed by atoms with E-state index in [1.807, 2.05) is 29.7 Å². The topological polar surface area (TPSA) is 71.7 Å². The molecule has 0 saturated carbocycles. The predicted octanol–water partition coefficient (Wildman–Crippen LogP) is 1.77. The summed E-state index contributed by atoms with van der Waals surface area (Å²) in [6, 6.07) is 6.03. The first-order valence-corrected chi connectivity index (χ1v) is 8.43. The van der Waals surface area contributed by atoms with Gasteiger partial charge < -0.3 is 4.57 Å². The monoisotopic (exact) mass is 343 g/mol. The summed E-state index contributed by atoms with van der Waals surface area (Å²) < 4.78 is 2.93. The Morgan fingerprint density at radius 1 is 1.33 bits per heavy atom. The number of thiazole rings is 1. The fraction of sp³-hybridized carbons (Fsp3) is 0.294. The first kappa shape index (κ1) is 16.3. The molecule has 0 unspecified atom stereocenters. The number of fused-ring (bicyclic) bond motifs is 1. The van der Waals surface area contributed by atoms with E-state index in [0.29, 0.717) is 11.3 Å². The molecule has 3 rings (SSSR count). The molecule has 1 aliphatic heterocycles. The molecule has 1 fully saturated rings. The smallest absolute Gasteiger partial charge is 0.268 e. The molecule has 3 amide bonds. The Hall–Kier alpha value is -2.54. The molecule has 2 aromatic rings. The summed E-state index contributed by atoms with van der Waals surface area (Å²) in [4.78, 5) is 41.1. The van der Waals surface area contributed by atoms with Crippen LogP contribution in [-0.4, -0.2) is 33.7 Å². The highest BCUT2D eigenvalue weighted by atomic mass is 32.1. The number of carbonyl (C=O) groups is 3. The van der Waals surface area contributed by atoms with Crippen LogP contribution in [-0.2, 0) is 20.9 Å². The van der Waals surface area contributed by atoms with Gasteiger partial charge in [-0.2, -0.15) is 4.99 Å². The number of hydrogen-bond acceptors (Lipinski definition) is 4. The van der Waals surface area contributed by atoms with Gasteiger partial charge in [-0.25, -0.2) is 0 Å². The van der Waals surface area contributed by atoms with Gasteiger partial charge in [0.1, 0.15) is 6.54 Å². The summed E-state index contributed by atoms with van der Waals surface area (Å²) >= 11 is 1.41. The SMILES string of the molecule is C=CCn1c(=NC(=O)CN2C(=O)CCC2=O)sc2cc(C)ccc21. The lowest BCUT2D eigenvalue weighted by molar-refractivity contribution is -0.141.